The van der Waals surface area contributed by atoms with E-state index in [-0.39, 0.29) is 5.78 Å². The van der Waals surface area contributed by atoms with Gasteiger partial charge in [-0.25, -0.2) is 0 Å². The van der Waals surface area contributed by atoms with E-state index in [0.29, 0.717) is 6.54 Å². The van der Waals surface area contributed by atoms with E-state index in [2.05, 4.69) is 10.1 Å². The highest BCUT2D eigenvalue weighted by Crippen LogP contribution is 2.14. The molecule has 1 saturated heterocycles. The first-order chi connectivity index (χ1) is 9.20. The van der Waals surface area contributed by atoms with Crippen molar-refractivity contribution in [1.29, 1.82) is 0 Å². The number of piperidine rings is 1. The Labute approximate surface area is 113 Å². The quantitative estimate of drug-likeness (QED) is 0.473. The van der Waals surface area contributed by atoms with Crippen LogP contribution in [0.25, 0.3) is 4.95 Å². The van der Waals surface area contributed by atoms with Crippen molar-refractivity contribution >= 4 is 11.6 Å². The fourth-order valence-corrected chi connectivity index (χ4v) is 2.22. The second-order valence-electron chi connectivity index (χ2n) is 4.78. The summed E-state index contributed by atoms with van der Waals surface area (Å²) in [6.07, 6.45) is 2.89. The molecule has 0 amide bonds. The van der Waals surface area contributed by atoms with Gasteiger partial charge in [0.2, 0.25) is 0 Å². The average Bonchev–Trinajstić information content (AvgIpc) is 2.42. The summed E-state index contributed by atoms with van der Waals surface area (Å²) in [7, 11) is 0. The van der Waals surface area contributed by atoms with Crippen LogP contribution in [0.1, 0.15) is 35.2 Å². The molecule has 0 radical (unpaired) electrons. The van der Waals surface area contributed by atoms with E-state index >= 15 is 0 Å². The molecule has 0 N–H and O–H groups in total. The number of hydrogen-bond acceptors (Lipinski definition) is 2. The molecule has 0 saturated carbocycles. The number of rotatable bonds is 3. The molecular formula is C15H17N3O. The highest BCUT2D eigenvalue weighted by molar-refractivity contribution is 6.00. The van der Waals surface area contributed by atoms with Gasteiger partial charge < -0.3 is 4.90 Å². The Morgan fingerprint density at radius 1 is 1.37 bits per heavy atom. The second kappa shape index (κ2) is 6.14. The lowest BCUT2D eigenvalue weighted by atomic mass is 10.1. The summed E-state index contributed by atoms with van der Waals surface area (Å²) in [6.45, 7) is 9.95. The van der Waals surface area contributed by atoms with E-state index < -0.39 is 0 Å². The number of hydrogen-bond donors (Lipinski definition) is 0. The number of amidine groups is 1. The van der Waals surface area contributed by atoms with Crippen LogP contribution < -0.4 is 0 Å². The van der Waals surface area contributed by atoms with Gasteiger partial charge in [-0.2, -0.15) is 6.57 Å². The Kier molecular flexibility index (Phi) is 4.30. The van der Waals surface area contributed by atoms with Gasteiger partial charge >= 0.3 is 0 Å². The molecule has 1 heterocycles. The summed E-state index contributed by atoms with van der Waals surface area (Å²) < 4.78 is 0. The normalized spacial score (nSPS) is 17.3. The lowest BCUT2D eigenvalue weighted by Gasteiger charge is -2.27. The van der Waals surface area contributed by atoms with Crippen LogP contribution in [0.5, 0.6) is 0 Å². The smallest absolute Gasteiger partial charge is 0.188 e. The van der Waals surface area contributed by atoms with Crippen molar-refractivity contribution in [2.75, 3.05) is 13.1 Å². The third-order valence-corrected chi connectivity index (χ3v) is 3.32. The molecular weight excluding hydrogens is 238 g/mol. The van der Waals surface area contributed by atoms with Crippen LogP contribution in [-0.2, 0) is 0 Å². The molecule has 0 atom stereocenters. The van der Waals surface area contributed by atoms with Gasteiger partial charge in [-0.15, -0.1) is 4.95 Å². The van der Waals surface area contributed by atoms with Crippen molar-refractivity contribution in [2.45, 2.75) is 26.2 Å². The van der Waals surface area contributed by atoms with Gasteiger partial charge in [-0.1, -0.05) is 29.8 Å². The molecule has 4 heteroatoms. The summed E-state index contributed by atoms with van der Waals surface area (Å²) in [6, 6.07) is 7.59. The Morgan fingerprint density at radius 2 is 2.11 bits per heavy atom. The van der Waals surface area contributed by atoms with E-state index in [1.807, 2.05) is 36.1 Å². The van der Waals surface area contributed by atoms with Crippen molar-refractivity contribution in [3.05, 3.63) is 46.9 Å². The van der Waals surface area contributed by atoms with E-state index in [1.54, 1.807) is 0 Å². The molecule has 98 valence electrons. The molecule has 1 fully saturated rings. The fraction of sp³-hybridized carbons (Fsp3) is 0.400. The third kappa shape index (κ3) is 3.41. The van der Waals surface area contributed by atoms with Crippen molar-refractivity contribution in [1.82, 2.24) is 4.90 Å². The minimum atomic E-state index is 0.0829. The number of benzene rings is 1. The highest BCUT2D eigenvalue weighted by Gasteiger charge is 2.21. The van der Waals surface area contributed by atoms with Crippen molar-refractivity contribution < 1.29 is 4.79 Å². The van der Waals surface area contributed by atoms with E-state index in [4.69, 9.17) is 6.57 Å². The molecule has 19 heavy (non-hydrogen) atoms. The zero-order valence-corrected chi connectivity index (χ0v) is 11.1. The topological polar surface area (TPSA) is 37.0 Å². The molecule has 1 aromatic rings. The fourth-order valence-electron chi connectivity index (χ4n) is 2.22. The number of likely N-dealkylation sites (tertiary alicyclic amines) is 1. The number of ketones is 1. The number of carbonyl (C=O) groups excluding carboxylic acids is 1. The third-order valence-electron chi connectivity index (χ3n) is 3.32. The van der Waals surface area contributed by atoms with Crippen LogP contribution in [0.4, 0.5) is 0 Å². The summed E-state index contributed by atoms with van der Waals surface area (Å²) in [5.41, 5.74) is 1.86. The van der Waals surface area contributed by atoms with Crippen LogP contribution in [-0.4, -0.2) is 29.6 Å². The van der Waals surface area contributed by atoms with E-state index in [9.17, 15) is 4.79 Å². The molecule has 0 unspecified atom stereocenters. The van der Waals surface area contributed by atoms with Gasteiger partial charge in [-0.3, -0.25) is 4.79 Å². The predicted molar refractivity (Wildman–Crippen MR) is 75.0 cm³/mol. The monoisotopic (exact) mass is 255 g/mol. The first-order valence-corrected chi connectivity index (χ1v) is 6.49. The summed E-state index contributed by atoms with van der Waals surface area (Å²) in [4.78, 5) is 17.2. The standard InChI is InChI=1S/C15H17N3O/c1-12-6-8-13(9-7-12)14(19)11-18-10-4-3-5-15(18)17-16-2/h6-9H,3-5,10-11H2,1H3/b17-15-. The van der Waals surface area contributed by atoms with Crippen LogP contribution in [0.3, 0.4) is 0 Å². The summed E-state index contributed by atoms with van der Waals surface area (Å²) >= 11 is 0. The van der Waals surface area contributed by atoms with Crippen molar-refractivity contribution in [3.8, 4) is 0 Å². The highest BCUT2D eigenvalue weighted by atomic mass is 16.1. The van der Waals surface area contributed by atoms with Gasteiger partial charge in [0, 0.05) is 18.5 Å². The Balaban J connectivity index is 2.07. The van der Waals surface area contributed by atoms with E-state index in [0.717, 1.165) is 42.8 Å². The SMILES string of the molecule is [C-]#[N+]/N=C1/CCCCN1CC(=O)c1ccc(C)cc1. The molecule has 0 aliphatic carbocycles. The molecule has 1 aliphatic heterocycles. The average molecular weight is 255 g/mol. The van der Waals surface area contributed by atoms with Gasteiger partial charge in [0.25, 0.3) is 0 Å². The molecule has 4 nitrogen and oxygen atoms in total. The zero-order valence-electron chi connectivity index (χ0n) is 11.1. The summed E-state index contributed by atoms with van der Waals surface area (Å²) in [5.74, 6) is 0.835. The van der Waals surface area contributed by atoms with E-state index in [1.165, 1.54) is 0 Å². The molecule has 1 aromatic carbocycles. The Bertz CT molecular complexity index is 525. The lowest BCUT2D eigenvalue weighted by Crippen LogP contribution is -2.39. The van der Waals surface area contributed by atoms with Crippen molar-refractivity contribution in [3.63, 3.8) is 0 Å². The van der Waals surface area contributed by atoms with Gasteiger partial charge in [0.05, 0.1) is 6.54 Å². The minimum Gasteiger partial charge on any atom is -0.347 e. The zero-order chi connectivity index (χ0) is 13.7. The Morgan fingerprint density at radius 3 is 2.79 bits per heavy atom. The molecule has 2 rings (SSSR count). The van der Waals surface area contributed by atoms with Crippen molar-refractivity contribution in [2.24, 2.45) is 5.10 Å². The van der Waals surface area contributed by atoms with Gasteiger partial charge in [-0.05, 0) is 19.8 Å². The minimum absolute atomic E-state index is 0.0829. The maximum Gasteiger partial charge on any atom is 0.188 e. The van der Waals surface area contributed by atoms with Crippen LogP contribution >= 0.6 is 0 Å². The number of aryl methyl sites for hydroxylation is 1. The molecule has 1 aliphatic rings. The maximum absolute atomic E-state index is 12.2. The first-order valence-electron chi connectivity index (χ1n) is 6.49. The lowest BCUT2D eigenvalue weighted by molar-refractivity contribution is 0.0959. The predicted octanol–water partition coefficient (Wildman–Crippen LogP) is 2.90. The molecule has 0 spiro atoms. The van der Waals surface area contributed by atoms with Crippen LogP contribution in [0.15, 0.2) is 29.4 Å². The number of nitrogens with zero attached hydrogens (tertiary/aromatic N) is 3. The number of carbonyl (C=O) groups is 1. The number of Topliss-reactive ketones (excluding diaryl/α,β-unsaturated/α-hetero) is 1. The van der Waals surface area contributed by atoms with Crippen LogP contribution in [0.2, 0.25) is 0 Å². The largest absolute Gasteiger partial charge is 0.347 e. The van der Waals surface area contributed by atoms with Gasteiger partial charge in [0.1, 0.15) is 5.10 Å². The Hall–Kier alpha value is -2.15. The molecule has 0 aromatic heterocycles. The maximum atomic E-state index is 12.2. The summed E-state index contributed by atoms with van der Waals surface area (Å²) in [5, 5.41) is 3.81. The first kappa shape index (κ1) is 13.3. The second-order valence-corrected chi connectivity index (χ2v) is 4.78. The van der Waals surface area contributed by atoms with Crippen LogP contribution in [0, 0.1) is 13.5 Å². The molecule has 0 bridgehead atoms. The van der Waals surface area contributed by atoms with Gasteiger partial charge in [0.15, 0.2) is 11.6 Å².